The molecule has 0 aliphatic carbocycles. The third kappa shape index (κ3) is 2.92. The molecule has 1 unspecified atom stereocenters. The van der Waals surface area contributed by atoms with E-state index in [1.54, 1.807) is 17.1 Å². The van der Waals surface area contributed by atoms with Gasteiger partial charge in [0.05, 0.1) is 11.8 Å². The summed E-state index contributed by atoms with van der Waals surface area (Å²) in [5.41, 5.74) is 2.63. The first-order chi connectivity index (χ1) is 10.5. The maximum atomic E-state index is 12.8. The molecule has 1 atom stereocenters. The first-order valence-electron chi connectivity index (χ1n) is 7.64. The molecule has 1 aliphatic rings. The summed E-state index contributed by atoms with van der Waals surface area (Å²) < 4.78 is 1.75. The fourth-order valence-electron chi connectivity index (χ4n) is 3.19. The number of aromatic amines is 1. The van der Waals surface area contributed by atoms with Crippen molar-refractivity contribution in [3.05, 3.63) is 30.4 Å². The van der Waals surface area contributed by atoms with Crippen LogP contribution in [0.2, 0.25) is 0 Å². The van der Waals surface area contributed by atoms with Gasteiger partial charge in [-0.3, -0.25) is 9.48 Å². The van der Waals surface area contributed by atoms with Crippen LogP contribution in [0.5, 0.6) is 0 Å². The minimum Gasteiger partial charge on any atom is -0.366 e. The first-order valence-corrected chi connectivity index (χ1v) is 7.64. The monoisotopic (exact) mass is 301 g/mol. The molecular formula is C16H23N5O. The number of aryl methyl sites for hydroxylation is 1. The number of rotatable bonds is 4. The van der Waals surface area contributed by atoms with Gasteiger partial charge in [0.15, 0.2) is 0 Å². The van der Waals surface area contributed by atoms with E-state index < -0.39 is 0 Å². The molecule has 6 nitrogen and oxygen atoms in total. The smallest absolute Gasteiger partial charge is 0.256 e. The number of amides is 1. The molecule has 2 aromatic heterocycles. The molecule has 0 bridgehead atoms. The number of nitrogens with zero attached hydrogens (tertiary/aromatic N) is 4. The van der Waals surface area contributed by atoms with E-state index in [0.717, 1.165) is 42.7 Å². The Hall–Kier alpha value is -2.08. The molecule has 6 heteroatoms. The molecule has 0 saturated carbocycles. The second-order valence-corrected chi connectivity index (χ2v) is 6.35. The van der Waals surface area contributed by atoms with Gasteiger partial charge in [-0.2, -0.15) is 5.10 Å². The van der Waals surface area contributed by atoms with Crippen molar-refractivity contribution in [3.63, 3.8) is 0 Å². The van der Waals surface area contributed by atoms with E-state index in [2.05, 4.69) is 29.1 Å². The highest BCUT2D eigenvalue weighted by Crippen LogP contribution is 2.26. The molecule has 2 aromatic rings. The highest BCUT2D eigenvalue weighted by Gasteiger charge is 2.29. The Morgan fingerprint density at radius 2 is 2.27 bits per heavy atom. The third-order valence-electron chi connectivity index (χ3n) is 4.19. The topological polar surface area (TPSA) is 57.2 Å². The maximum absolute atomic E-state index is 12.8. The summed E-state index contributed by atoms with van der Waals surface area (Å²) in [5.74, 6) is 0.682. The van der Waals surface area contributed by atoms with E-state index >= 15 is 0 Å². The Kier molecular flexibility index (Phi) is 4.02. The highest BCUT2D eigenvalue weighted by atomic mass is 16.2. The quantitative estimate of drug-likeness (QED) is 0.929. The summed E-state index contributed by atoms with van der Waals surface area (Å²) in [5, 5.41) is 4.19. The summed E-state index contributed by atoms with van der Waals surface area (Å²) in [7, 11) is 6.04. The lowest BCUT2D eigenvalue weighted by Gasteiger charge is -2.18. The van der Waals surface area contributed by atoms with Gasteiger partial charge < -0.3 is 14.8 Å². The predicted octanol–water partition coefficient (Wildman–Crippen LogP) is 1.44. The Bertz CT molecular complexity index is 657. The molecule has 3 rings (SSSR count). The van der Waals surface area contributed by atoms with Crippen LogP contribution in [-0.2, 0) is 7.05 Å². The number of carbonyl (C=O) groups is 1. The Balaban J connectivity index is 1.75. The minimum absolute atomic E-state index is 0.112. The van der Waals surface area contributed by atoms with Gasteiger partial charge >= 0.3 is 0 Å². The van der Waals surface area contributed by atoms with Crippen molar-refractivity contribution in [2.75, 3.05) is 33.7 Å². The second kappa shape index (κ2) is 5.96. The lowest BCUT2D eigenvalue weighted by molar-refractivity contribution is 0.0786. The van der Waals surface area contributed by atoms with Gasteiger partial charge in [0.25, 0.3) is 5.91 Å². The molecule has 22 heavy (non-hydrogen) atoms. The van der Waals surface area contributed by atoms with Crippen molar-refractivity contribution in [1.29, 1.82) is 0 Å². The van der Waals surface area contributed by atoms with E-state index in [1.165, 1.54) is 0 Å². The number of nitrogens with one attached hydrogen (secondary N) is 1. The molecule has 1 amide bonds. The summed E-state index contributed by atoms with van der Waals surface area (Å²) in [6.45, 7) is 2.72. The van der Waals surface area contributed by atoms with Crippen LogP contribution in [0.1, 0.15) is 16.8 Å². The zero-order valence-electron chi connectivity index (χ0n) is 13.4. The Labute approximate surface area is 130 Å². The van der Waals surface area contributed by atoms with Crippen LogP contribution in [0.15, 0.2) is 24.8 Å². The number of hydrogen-bond acceptors (Lipinski definition) is 3. The maximum Gasteiger partial charge on any atom is 0.256 e. The van der Waals surface area contributed by atoms with Crippen molar-refractivity contribution < 1.29 is 4.79 Å². The van der Waals surface area contributed by atoms with Gasteiger partial charge in [-0.25, -0.2) is 0 Å². The molecule has 0 radical (unpaired) electrons. The van der Waals surface area contributed by atoms with Gasteiger partial charge in [0.1, 0.15) is 0 Å². The van der Waals surface area contributed by atoms with Gasteiger partial charge in [0.2, 0.25) is 0 Å². The van der Waals surface area contributed by atoms with E-state index in [9.17, 15) is 4.79 Å². The van der Waals surface area contributed by atoms with Crippen LogP contribution >= 0.6 is 0 Å². The average Bonchev–Trinajstić information content (AvgIpc) is 3.16. The molecular weight excluding hydrogens is 278 g/mol. The molecule has 118 valence electrons. The van der Waals surface area contributed by atoms with Crippen molar-refractivity contribution in [2.45, 2.75) is 6.42 Å². The molecule has 3 heterocycles. The number of likely N-dealkylation sites (tertiary alicyclic amines) is 1. The average molecular weight is 301 g/mol. The van der Waals surface area contributed by atoms with Gasteiger partial charge in [-0.15, -0.1) is 0 Å². The van der Waals surface area contributed by atoms with Crippen LogP contribution < -0.4 is 0 Å². The Morgan fingerprint density at radius 1 is 1.45 bits per heavy atom. The van der Waals surface area contributed by atoms with E-state index in [0.29, 0.717) is 5.92 Å². The molecule has 0 spiro atoms. The van der Waals surface area contributed by atoms with Crippen molar-refractivity contribution in [1.82, 2.24) is 24.6 Å². The largest absolute Gasteiger partial charge is 0.366 e. The van der Waals surface area contributed by atoms with Crippen molar-refractivity contribution >= 4 is 5.91 Å². The molecule has 0 aromatic carbocycles. The molecule has 1 aliphatic heterocycles. The normalized spacial score (nSPS) is 18.4. The van der Waals surface area contributed by atoms with Crippen molar-refractivity contribution in [3.8, 4) is 11.1 Å². The Morgan fingerprint density at radius 3 is 2.95 bits per heavy atom. The molecule has 1 saturated heterocycles. The lowest BCUT2D eigenvalue weighted by atomic mass is 10.1. The summed E-state index contributed by atoms with van der Waals surface area (Å²) in [4.78, 5) is 20.0. The first kappa shape index (κ1) is 14.8. The van der Waals surface area contributed by atoms with Crippen molar-refractivity contribution in [2.24, 2.45) is 13.0 Å². The van der Waals surface area contributed by atoms with E-state index in [-0.39, 0.29) is 5.91 Å². The number of carbonyl (C=O) groups excluding carboxylic acids is 1. The van der Waals surface area contributed by atoms with Crippen LogP contribution in [0.4, 0.5) is 0 Å². The standard InChI is InChI=1S/C16H23N5O/c1-19(2)9-12-4-5-21(10-12)16(22)15-8-17-7-14(15)13-6-18-20(3)11-13/h6-8,11-12,17H,4-5,9-10H2,1-3H3. The fraction of sp³-hybridized carbons (Fsp3) is 0.500. The predicted molar refractivity (Wildman–Crippen MR) is 85.6 cm³/mol. The van der Waals surface area contributed by atoms with E-state index in [1.807, 2.05) is 24.3 Å². The summed E-state index contributed by atoms with van der Waals surface area (Å²) >= 11 is 0. The second-order valence-electron chi connectivity index (χ2n) is 6.35. The third-order valence-corrected chi connectivity index (χ3v) is 4.19. The lowest BCUT2D eigenvalue weighted by Crippen LogP contribution is -2.30. The van der Waals surface area contributed by atoms with Gasteiger partial charge in [-0.05, 0) is 26.4 Å². The highest BCUT2D eigenvalue weighted by molar-refractivity contribution is 6.00. The summed E-state index contributed by atoms with van der Waals surface area (Å²) in [6, 6.07) is 0. The van der Waals surface area contributed by atoms with Crippen LogP contribution in [-0.4, -0.2) is 64.2 Å². The fourth-order valence-corrected chi connectivity index (χ4v) is 3.19. The number of H-pyrrole nitrogens is 1. The zero-order valence-corrected chi connectivity index (χ0v) is 13.4. The van der Waals surface area contributed by atoms with Gasteiger partial charge in [0, 0.05) is 56.4 Å². The summed E-state index contributed by atoms with van der Waals surface area (Å²) in [6.07, 6.45) is 8.47. The molecule has 1 N–H and O–H groups in total. The molecule has 1 fully saturated rings. The van der Waals surface area contributed by atoms with Crippen LogP contribution in [0.3, 0.4) is 0 Å². The van der Waals surface area contributed by atoms with Gasteiger partial charge in [-0.1, -0.05) is 0 Å². The van der Waals surface area contributed by atoms with Crippen LogP contribution in [0.25, 0.3) is 11.1 Å². The SMILES string of the molecule is CN(C)CC1CCN(C(=O)c2c[nH]cc2-c2cnn(C)c2)C1. The number of aromatic nitrogens is 3. The van der Waals surface area contributed by atoms with E-state index in [4.69, 9.17) is 0 Å². The minimum atomic E-state index is 0.112. The zero-order chi connectivity index (χ0) is 15.7. The number of hydrogen-bond donors (Lipinski definition) is 1. The van der Waals surface area contributed by atoms with Crippen LogP contribution in [0, 0.1) is 5.92 Å².